The first-order valence-electron chi connectivity index (χ1n) is 2.84. The van der Waals surface area contributed by atoms with Crippen LogP contribution in [-0.2, 0) is 15.5 Å². The molecule has 0 aliphatic heterocycles. The van der Waals surface area contributed by atoms with Gasteiger partial charge in [-0.25, -0.2) is 13.4 Å². The van der Waals surface area contributed by atoms with Gasteiger partial charge in [0.15, 0.2) is 0 Å². The SMILES string of the molecule is O=S(=O)(Cl)CCc1ncn[nH]1. The van der Waals surface area contributed by atoms with E-state index in [9.17, 15) is 8.42 Å². The Balaban J connectivity index is 2.48. The van der Waals surface area contributed by atoms with Gasteiger partial charge in [0, 0.05) is 17.1 Å². The Hall–Kier alpha value is -0.620. The zero-order valence-corrected chi connectivity index (χ0v) is 7.06. The van der Waals surface area contributed by atoms with Gasteiger partial charge >= 0.3 is 0 Å². The molecule has 0 saturated heterocycles. The van der Waals surface area contributed by atoms with Gasteiger partial charge in [0.05, 0.1) is 5.75 Å². The van der Waals surface area contributed by atoms with Gasteiger partial charge in [-0.15, -0.1) is 0 Å². The van der Waals surface area contributed by atoms with Crippen LogP contribution in [0, 0.1) is 0 Å². The summed E-state index contributed by atoms with van der Waals surface area (Å²) in [6, 6.07) is 0. The average Bonchev–Trinajstić information content (AvgIpc) is 2.32. The number of aromatic nitrogens is 3. The summed E-state index contributed by atoms with van der Waals surface area (Å²) in [6.07, 6.45) is 1.59. The van der Waals surface area contributed by atoms with Gasteiger partial charge in [0.2, 0.25) is 9.05 Å². The fourth-order valence-corrected chi connectivity index (χ4v) is 1.24. The highest BCUT2D eigenvalue weighted by Gasteiger charge is 2.06. The Bertz CT molecular complexity index is 306. The number of H-pyrrole nitrogens is 1. The van der Waals surface area contributed by atoms with Crippen LogP contribution in [0.15, 0.2) is 6.33 Å². The van der Waals surface area contributed by atoms with Crippen LogP contribution in [0.1, 0.15) is 5.82 Å². The second kappa shape index (κ2) is 3.19. The van der Waals surface area contributed by atoms with Crippen molar-refractivity contribution >= 4 is 19.7 Å². The van der Waals surface area contributed by atoms with Crippen LogP contribution in [0.3, 0.4) is 0 Å². The number of hydrogen-bond acceptors (Lipinski definition) is 4. The predicted molar refractivity (Wildman–Crippen MR) is 39.7 cm³/mol. The molecule has 1 aromatic heterocycles. The molecule has 0 atom stereocenters. The molecule has 0 bridgehead atoms. The van der Waals surface area contributed by atoms with Crippen molar-refractivity contribution in [2.75, 3.05) is 5.75 Å². The number of aromatic amines is 1. The van der Waals surface area contributed by atoms with Crippen LogP contribution >= 0.6 is 10.7 Å². The van der Waals surface area contributed by atoms with Gasteiger partial charge in [0.25, 0.3) is 0 Å². The van der Waals surface area contributed by atoms with E-state index in [-0.39, 0.29) is 12.2 Å². The Morgan fingerprint density at radius 2 is 2.36 bits per heavy atom. The highest BCUT2D eigenvalue weighted by Crippen LogP contribution is 1.99. The van der Waals surface area contributed by atoms with Crippen molar-refractivity contribution in [3.8, 4) is 0 Å². The molecule has 0 aliphatic carbocycles. The summed E-state index contributed by atoms with van der Waals surface area (Å²) in [7, 11) is 1.54. The molecule has 0 radical (unpaired) electrons. The molecule has 0 fully saturated rings. The zero-order chi connectivity index (χ0) is 8.32. The van der Waals surface area contributed by atoms with E-state index >= 15 is 0 Å². The normalized spacial score (nSPS) is 11.7. The first-order valence-corrected chi connectivity index (χ1v) is 5.32. The van der Waals surface area contributed by atoms with E-state index in [1.807, 2.05) is 0 Å². The van der Waals surface area contributed by atoms with E-state index in [4.69, 9.17) is 10.7 Å². The van der Waals surface area contributed by atoms with Crippen molar-refractivity contribution in [3.05, 3.63) is 12.2 Å². The predicted octanol–water partition coefficient (Wildman–Crippen LogP) is -0.0842. The van der Waals surface area contributed by atoms with Gasteiger partial charge in [-0.2, -0.15) is 5.10 Å². The molecule has 1 aromatic rings. The van der Waals surface area contributed by atoms with Crippen LogP contribution < -0.4 is 0 Å². The summed E-state index contributed by atoms with van der Waals surface area (Å²) in [4.78, 5) is 3.73. The lowest BCUT2D eigenvalue weighted by molar-refractivity contribution is 0.608. The minimum absolute atomic E-state index is 0.121. The molecule has 1 heterocycles. The molecule has 1 rings (SSSR count). The highest BCUT2D eigenvalue weighted by molar-refractivity contribution is 8.13. The topological polar surface area (TPSA) is 75.7 Å². The second-order valence-electron chi connectivity index (χ2n) is 1.93. The molecule has 11 heavy (non-hydrogen) atoms. The lowest BCUT2D eigenvalue weighted by Gasteiger charge is -1.90. The van der Waals surface area contributed by atoms with Gasteiger partial charge in [-0.05, 0) is 0 Å². The summed E-state index contributed by atoms with van der Waals surface area (Å²) in [6.45, 7) is 0. The monoisotopic (exact) mass is 195 g/mol. The summed E-state index contributed by atoms with van der Waals surface area (Å²) in [5.74, 6) is 0.401. The van der Waals surface area contributed by atoms with Crippen molar-refractivity contribution in [1.82, 2.24) is 15.2 Å². The van der Waals surface area contributed by atoms with E-state index in [0.717, 1.165) is 0 Å². The molecular weight excluding hydrogens is 190 g/mol. The van der Waals surface area contributed by atoms with Crippen LogP contribution in [0.5, 0.6) is 0 Å². The van der Waals surface area contributed by atoms with Gasteiger partial charge in [-0.1, -0.05) is 0 Å². The number of hydrogen-bond donors (Lipinski definition) is 1. The lowest BCUT2D eigenvalue weighted by atomic mass is 10.5. The summed E-state index contributed by atoms with van der Waals surface area (Å²) in [5.41, 5.74) is 0. The Morgan fingerprint density at radius 1 is 1.64 bits per heavy atom. The molecule has 0 spiro atoms. The first kappa shape index (κ1) is 8.48. The second-order valence-corrected chi connectivity index (χ2v) is 4.82. The van der Waals surface area contributed by atoms with E-state index < -0.39 is 9.05 Å². The standard InChI is InChI=1S/C4H6ClN3O2S/c5-11(9,10)2-1-4-6-3-7-8-4/h3H,1-2H2,(H,6,7,8). The van der Waals surface area contributed by atoms with Crippen molar-refractivity contribution < 1.29 is 8.42 Å². The van der Waals surface area contributed by atoms with Crippen LogP contribution in [0.2, 0.25) is 0 Å². The minimum Gasteiger partial charge on any atom is -0.263 e. The van der Waals surface area contributed by atoms with Crippen molar-refractivity contribution in [1.29, 1.82) is 0 Å². The molecule has 1 N–H and O–H groups in total. The number of halogens is 1. The summed E-state index contributed by atoms with van der Waals surface area (Å²) in [5, 5.41) is 6.07. The fraction of sp³-hybridized carbons (Fsp3) is 0.500. The molecule has 0 aromatic carbocycles. The zero-order valence-electron chi connectivity index (χ0n) is 5.49. The number of rotatable bonds is 3. The Labute approximate surface area is 68.2 Å². The molecule has 0 aliphatic rings. The van der Waals surface area contributed by atoms with Crippen molar-refractivity contribution in [2.24, 2.45) is 0 Å². The van der Waals surface area contributed by atoms with E-state index in [0.29, 0.717) is 5.82 Å². The molecular formula is C4H6ClN3O2S. The molecule has 0 unspecified atom stereocenters. The third kappa shape index (κ3) is 3.33. The smallest absolute Gasteiger partial charge is 0.233 e. The van der Waals surface area contributed by atoms with Gasteiger partial charge in [-0.3, -0.25) is 5.10 Å². The maximum absolute atomic E-state index is 10.4. The van der Waals surface area contributed by atoms with Gasteiger partial charge < -0.3 is 0 Å². The molecule has 62 valence electrons. The lowest BCUT2D eigenvalue weighted by Crippen LogP contribution is -2.02. The molecule has 5 nitrogen and oxygen atoms in total. The largest absolute Gasteiger partial charge is 0.263 e. The van der Waals surface area contributed by atoms with E-state index in [1.165, 1.54) is 6.33 Å². The first-order chi connectivity index (χ1) is 5.08. The number of aryl methyl sites for hydroxylation is 1. The fourth-order valence-electron chi connectivity index (χ4n) is 0.570. The Morgan fingerprint density at radius 3 is 2.82 bits per heavy atom. The van der Waals surface area contributed by atoms with E-state index in [2.05, 4.69) is 15.2 Å². The van der Waals surface area contributed by atoms with Crippen molar-refractivity contribution in [2.45, 2.75) is 6.42 Å². The highest BCUT2D eigenvalue weighted by atomic mass is 35.7. The molecule has 0 amide bonds. The summed E-state index contributed by atoms with van der Waals surface area (Å²) >= 11 is 0. The van der Waals surface area contributed by atoms with E-state index in [1.54, 1.807) is 0 Å². The number of nitrogens with one attached hydrogen (secondary N) is 1. The van der Waals surface area contributed by atoms with Crippen LogP contribution in [0.25, 0.3) is 0 Å². The Kier molecular flexibility index (Phi) is 2.45. The maximum Gasteiger partial charge on any atom is 0.233 e. The van der Waals surface area contributed by atoms with Crippen molar-refractivity contribution in [3.63, 3.8) is 0 Å². The summed E-state index contributed by atoms with van der Waals surface area (Å²) < 4.78 is 20.9. The van der Waals surface area contributed by atoms with Crippen LogP contribution in [-0.4, -0.2) is 29.4 Å². The minimum atomic E-state index is -3.42. The van der Waals surface area contributed by atoms with Crippen LogP contribution in [0.4, 0.5) is 0 Å². The van der Waals surface area contributed by atoms with Gasteiger partial charge in [0.1, 0.15) is 12.2 Å². The number of nitrogens with zero attached hydrogens (tertiary/aromatic N) is 2. The third-order valence-electron chi connectivity index (χ3n) is 1.05. The molecule has 0 saturated carbocycles. The maximum atomic E-state index is 10.4. The molecule has 7 heteroatoms. The quantitative estimate of drug-likeness (QED) is 0.685. The third-order valence-corrected chi connectivity index (χ3v) is 2.20. The average molecular weight is 196 g/mol.